The van der Waals surface area contributed by atoms with E-state index in [1.807, 2.05) is 10.9 Å². The molecule has 0 bridgehead atoms. The van der Waals surface area contributed by atoms with E-state index in [9.17, 15) is 10.1 Å². The number of nitro groups is 1. The van der Waals surface area contributed by atoms with Gasteiger partial charge in [-0.3, -0.25) is 14.8 Å². The van der Waals surface area contributed by atoms with Crippen molar-refractivity contribution in [2.75, 3.05) is 5.32 Å². The first kappa shape index (κ1) is 14.5. The van der Waals surface area contributed by atoms with Crippen LogP contribution in [0.3, 0.4) is 0 Å². The number of hydrogen-bond acceptors (Lipinski definition) is 4. The Balaban J connectivity index is 2.06. The Morgan fingerprint density at radius 1 is 1.50 bits per heavy atom. The third-order valence-corrected chi connectivity index (χ3v) is 3.49. The number of hydrogen-bond donors (Lipinski definition) is 1. The quantitative estimate of drug-likeness (QED) is 0.665. The summed E-state index contributed by atoms with van der Waals surface area (Å²) in [6.45, 7) is 4.69. The van der Waals surface area contributed by atoms with E-state index in [-0.39, 0.29) is 5.69 Å². The van der Waals surface area contributed by atoms with Crippen LogP contribution in [0.15, 0.2) is 35.1 Å². The van der Waals surface area contributed by atoms with Crippen molar-refractivity contribution in [1.29, 1.82) is 0 Å². The van der Waals surface area contributed by atoms with Crippen LogP contribution in [0.2, 0.25) is 0 Å². The van der Waals surface area contributed by atoms with E-state index in [2.05, 4.69) is 40.2 Å². The first-order valence-electron chi connectivity index (χ1n) is 6.18. The summed E-state index contributed by atoms with van der Waals surface area (Å²) >= 11 is 3.16. The SMILES string of the molecule is CC(C)n1cc(CNc2ccc(Br)c([N+](=O)[O-])c2)cn1. The molecule has 7 heteroatoms. The zero-order valence-corrected chi connectivity index (χ0v) is 12.8. The van der Waals surface area contributed by atoms with Gasteiger partial charge in [-0.15, -0.1) is 0 Å². The highest BCUT2D eigenvalue weighted by Crippen LogP contribution is 2.28. The Kier molecular flexibility index (Phi) is 4.39. The number of nitrogens with one attached hydrogen (secondary N) is 1. The fraction of sp³-hybridized carbons (Fsp3) is 0.308. The van der Waals surface area contributed by atoms with Crippen molar-refractivity contribution in [2.24, 2.45) is 0 Å². The van der Waals surface area contributed by atoms with Crippen LogP contribution < -0.4 is 5.32 Å². The van der Waals surface area contributed by atoms with Crippen LogP contribution in [0.1, 0.15) is 25.5 Å². The van der Waals surface area contributed by atoms with Crippen molar-refractivity contribution < 1.29 is 4.92 Å². The Morgan fingerprint density at radius 2 is 2.25 bits per heavy atom. The van der Waals surface area contributed by atoms with Crippen LogP contribution in [-0.2, 0) is 6.54 Å². The molecule has 0 saturated heterocycles. The average molecular weight is 339 g/mol. The summed E-state index contributed by atoms with van der Waals surface area (Å²) in [6.07, 6.45) is 3.76. The Hall–Kier alpha value is -1.89. The molecule has 2 aromatic rings. The summed E-state index contributed by atoms with van der Waals surface area (Å²) in [7, 11) is 0. The first-order chi connectivity index (χ1) is 9.47. The maximum atomic E-state index is 10.9. The molecule has 0 aliphatic heterocycles. The van der Waals surface area contributed by atoms with E-state index in [0.29, 0.717) is 22.7 Å². The van der Waals surface area contributed by atoms with Gasteiger partial charge < -0.3 is 5.32 Å². The Labute approximate surface area is 125 Å². The molecule has 0 aliphatic carbocycles. The molecular formula is C13H15BrN4O2. The van der Waals surface area contributed by atoms with Crippen molar-refractivity contribution in [1.82, 2.24) is 9.78 Å². The topological polar surface area (TPSA) is 73.0 Å². The monoisotopic (exact) mass is 338 g/mol. The highest BCUT2D eigenvalue weighted by Gasteiger charge is 2.12. The number of benzene rings is 1. The minimum atomic E-state index is -0.411. The second-order valence-electron chi connectivity index (χ2n) is 4.70. The first-order valence-corrected chi connectivity index (χ1v) is 6.97. The van der Waals surface area contributed by atoms with Gasteiger partial charge in [0.2, 0.25) is 0 Å². The van der Waals surface area contributed by atoms with Crippen molar-refractivity contribution in [3.8, 4) is 0 Å². The highest BCUT2D eigenvalue weighted by atomic mass is 79.9. The summed E-state index contributed by atoms with van der Waals surface area (Å²) < 4.78 is 2.35. The van der Waals surface area contributed by atoms with E-state index >= 15 is 0 Å². The summed E-state index contributed by atoms with van der Waals surface area (Å²) in [4.78, 5) is 10.5. The number of rotatable bonds is 5. The molecule has 2 rings (SSSR count). The number of halogens is 1. The largest absolute Gasteiger partial charge is 0.381 e. The van der Waals surface area contributed by atoms with Crippen LogP contribution in [0.25, 0.3) is 0 Å². The summed E-state index contributed by atoms with van der Waals surface area (Å²) in [5.74, 6) is 0. The lowest BCUT2D eigenvalue weighted by Gasteiger charge is -2.06. The van der Waals surface area contributed by atoms with Crippen LogP contribution in [0.4, 0.5) is 11.4 Å². The molecule has 6 nitrogen and oxygen atoms in total. The summed E-state index contributed by atoms with van der Waals surface area (Å²) in [6, 6.07) is 5.29. The van der Waals surface area contributed by atoms with E-state index in [4.69, 9.17) is 0 Å². The van der Waals surface area contributed by atoms with Gasteiger partial charge >= 0.3 is 0 Å². The predicted octanol–water partition coefficient (Wildman–Crippen LogP) is 3.75. The fourth-order valence-corrected chi connectivity index (χ4v) is 2.11. The van der Waals surface area contributed by atoms with Gasteiger partial charge in [-0.1, -0.05) is 0 Å². The van der Waals surface area contributed by atoms with Crippen molar-refractivity contribution in [2.45, 2.75) is 26.4 Å². The van der Waals surface area contributed by atoms with Gasteiger partial charge in [0, 0.05) is 36.1 Å². The molecule has 0 fully saturated rings. The number of nitro benzene ring substituents is 1. The predicted molar refractivity (Wildman–Crippen MR) is 80.7 cm³/mol. The molecule has 0 aliphatic rings. The van der Waals surface area contributed by atoms with Gasteiger partial charge in [0.1, 0.15) is 0 Å². The van der Waals surface area contributed by atoms with Crippen molar-refractivity contribution >= 4 is 27.3 Å². The third kappa shape index (κ3) is 3.36. The van der Waals surface area contributed by atoms with Crippen LogP contribution in [0, 0.1) is 10.1 Å². The van der Waals surface area contributed by atoms with E-state index < -0.39 is 4.92 Å². The molecule has 1 N–H and O–H groups in total. The summed E-state index contributed by atoms with van der Waals surface area (Å²) in [5, 5.41) is 18.3. The molecule has 20 heavy (non-hydrogen) atoms. The Bertz CT molecular complexity index is 625. The second-order valence-corrected chi connectivity index (χ2v) is 5.55. The molecule has 106 valence electrons. The number of aromatic nitrogens is 2. The van der Waals surface area contributed by atoms with Crippen LogP contribution in [-0.4, -0.2) is 14.7 Å². The maximum absolute atomic E-state index is 10.9. The molecule has 0 saturated carbocycles. The second kappa shape index (κ2) is 6.04. The summed E-state index contributed by atoms with van der Waals surface area (Å²) in [5.41, 5.74) is 1.79. The van der Waals surface area contributed by atoms with Gasteiger partial charge in [-0.25, -0.2) is 0 Å². The lowest BCUT2D eigenvalue weighted by molar-refractivity contribution is -0.385. The molecule has 0 amide bonds. The fourth-order valence-electron chi connectivity index (χ4n) is 1.72. The van der Waals surface area contributed by atoms with Gasteiger partial charge in [0.05, 0.1) is 15.6 Å². The van der Waals surface area contributed by atoms with Gasteiger partial charge in [0.25, 0.3) is 5.69 Å². The number of nitrogens with zero attached hydrogens (tertiary/aromatic N) is 3. The molecule has 0 unspecified atom stereocenters. The molecular weight excluding hydrogens is 324 g/mol. The molecule has 1 aromatic heterocycles. The Morgan fingerprint density at radius 3 is 2.85 bits per heavy atom. The zero-order chi connectivity index (χ0) is 14.7. The molecule has 1 heterocycles. The molecule has 0 radical (unpaired) electrons. The van der Waals surface area contributed by atoms with E-state index in [1.54, 1.807) is 18.3 Å². The van der Waals surface area contributed by atoms with Crippen LogP contribution in [0.5, 0.6) is 0 Å². The van der Waals surface area contributed by atoms with Gasteiger partial charge in [-0.2, -0.15) is 5.10 Å². The lowest BCUT2D eigenvalue weighted by atomic mass is 10.2. The standard InChI is InChI=1S/C13H15BrN4O2/c1-9(2)17-8-10(7-16-17)6-15-11-3-4-12(14)13(5-11)18(19)20/h3-5,7-9,15H,6H2,1-2H3. The average Bonchev–Trinajstić information content (AvgIpc) is 2.86. The molecule has 0 atom stereocenters. The molecule has 1 aromatic carbocycles. The third-order valence-electron chi connectivity index (χ3n) is 2.82. The van der Waals surface area contributed by atoms with Crippen molar-refractivity contribution in [3.05, 3.63) is 50.7 Å². The zero-order valence-electron chi connectivity index (χ0n) is 11.2. The smallest absolute Gasteiger partial charge is 0.285 e. The minimum Gasteiger partial charge on any atom is -0.381 e. The highest BCUT2D eigenvalue weighted by molar-refractivity contribution is 9.10. The maximum Gasteiger partial charge on any atom is 0.285 e. The van der Waals surface area contributed by atoms with Gasteiger partial charge in [0.15, 0.2) is 0 Å². The normalized spacial score (nSPS) is 10.8. The minimum absolute atomic E-state index is 0.0490. The lowest BCUT2D eigenvalue weighted by Crippen LogP contribution is -2.01. The molecule has 0 spiro atoms. The van der Waals surface area contributed by atoms with Gasteiger partial charge in [-0.05, 0) is 41.9 Å². The van der Waals surface area contributed by atoms with E-state index in [1.165, 1.54) is 6.07 Å². The van der Waals surface area contributed by atoms with Crippen molar-refractivity contribution in [3.63, 3.8) is 0 Å². The number of anilines is 1. The van der Waals surface area contributed by atoms with E-state index in [0.717, 1.165) is 5.56 Å². The van der Waals surface area contributed by atoms with Crippen LogP contribution >= 0.6 is 15.9 Å².